The van der Waals surface area contributed by atoms with Gasteiger partial charge in [0.25, 0.3) is 0 Å². The minimum Gasteiger partial charge on any atom is -0.481 e. The molecule has 0 bridgehead atoms. The van der Waals surface area contributed by atoms with Crippen molar-refractivity contribution in [3.8, 4) is 0 Å². The smallest absolute Gasteiger partial charge is 0.318 e. The number of hydrogen-bond donors (Lipinski definition) is 2. The van der Waals surface area contributed by atoms with Gasteiger partial charge in [-0.3, -0.25) is 19.2 Å². The zero-order valence-electron chi connectivity index (χ0n) is 15.9. The maximum atomic E-state index is 12.7. The second kappa shape index (κ2) is 8.06. The lowest BCUT2D eigenvalue weighted by Gasteiger charge is -2.35. The number of allylic oxidation sites excluding steroid dienone is 4. The molecule has 0 saturated heterocycles. The maximum absolute atomic E-state index is 12.7. The Kier molecular flexibility index (Phi) is 6.23. The van der Waals surface area contributed by atoms with Crippen molar-refractivity contribution in [2.45, 2.75) is 27.7 Å². The molecule has 0 aliphatic heterocycles. The number of esters is 2. The quantitative estimate of drug-likeness (QED) is 0.438. The van der Waals surface area contributed by atoms with Gasteiger partial charge in [0.05, 0.1) is 23.7 Å². The predicted molar refractivity (Wildman–Crippen MR) is 95.3 cm³/mol. The third kappa shape index (κ3) is 4.12. The average Bonchev–Trinajstić information content (AvgIpc) is 2.57. The summed E-state index contributed by atoms with van der Waals surface area (Å²) in [6.07, 6.45) is 6.97. The molecule has 2 rings (SSSR count). The Morgan fingerprint density at radius 2 is 0.852 bits per heavy atom. The van der Waals surface area contributed by atoms with E-state index in [0.717, 1.165) is 0 Å². The first kappa shape index (κ1) is 20.9. The molecular weight excluding hydrogens is 352 g/mol. The molecule has 8 unspecified atom stereocenters. The molecule has 8 atom stereocenters. The SMILES string of the molecule is CC1C=CC(C)C(C(=O)OC(=O)C2C(C)C=CC(C)C2C(=O)O)C1C(=O)O. The summed E-state index contributed by atoms with van der Waals surface area (Å²) in [5.74, 6) is -9.62. The third-order valence-electron chi connectivity index (χ3n) is 5.79. The van der Waals surface area contributed by atoms with Crippen LogP contribution in [0.4, 0.5) is 0 Å². The highest BCUT2D eigenvalue weighted by molar-refractivity contribution is 5.93. The van der Waals surface area contributed by atoms with Crippen molar-refractivity contribution in [1.29, 1.82) is 0 Å². The summed E-state index contributed by atoms with van der Waals surface area (Å²) >= 11 is 0. The zero-order valence-corrected chi connectivity index (χ0v) is 15.9. The first-order valence-electron chi connectivity index (χ1n) is 9.14. The Labute approximate surface area is 158 Å². The number of carbonyl (C=O) groups is 4. The molecule has 0 spiro atoms. The molecule has 0 aromatic heterocycles. The Bertz CT molecular complexity index is 634. The summed E-state index contributed by atoms with van der Waals surface area (Å²) in [5, 5.41) is 19.0. The molecule has 0 heterocycles. The van der Waals surface area contributed by atoms with Gasteiger partial charge >= 0.3 is 23.9 Å². The first-order valence-corrected chi connectivity index (χ1v) is 9.14. The third-order valence-corrected chi connectivity index (χ3v) is 5.79. The highest BCUT2D eigenvalue weighted by atomic mass is 16.6. The van der Waals surface area contributed by atoms with Crippen molar-refractivity contribution in [3.05, 3.63) is 24.3 Å². The summed E-state index contributed by atoms with van der Waals surface area (Å²) in [6, 6.07) is 0. The van der Waals surface area contributed by atoms with Crippen LogP contribution in [-0.2, 0) is 23.9 Å². The molecule has 2 N–H and O–H groups in total. The van der Waals surface area contributed by atoms with Crippen LogP contribution in [0.15, 0.2) is 24.3 Å². The summed E-state index contributed by atoms with van der Waals surface area (Å²) < 4.78 is 5.06. The van der Waals surface area contributed by atoms with Crippen LogP contribution < -0.4 is 0 Å². The fraction of sp³-hybridized carbons (Fsp3) is 0.600. The van der Waals surface area contributed by atoms with Crippen LogP contribution in [-0.4, -0.2) is 34.1 Å². The fourth-order valence-corrected chi connectivity index (χ4v) is 4.20. The van der Waals surface area contributed by atoms with Crippen LogP contribution in [0.25, 0.3) is 0 Å². The van der Waals surface area contributed by atoms with Gasteiger partial charge in [-0.2, -0.15) is 0 Å². The first-order chi connectivity index (χ1) is 12.6. The van der Waals surface area contributed by atoms with Gasteiger partial charge in [-0.25, -0.2) is 0 Å². The van der Waals surface area contributed by atoms with Crippen LogP contribution in [0.5, 0.6) is 0 Å². The van der Waals surface area contributed by atoms with Gasteiger partial charge in [-0.15, -0.1) is 0 Å². The van der Waals surface area contributed by atoms with Crippen molar-refractivity contribution >= 4 is 23.9 Å². The summed E-state index contributed by atoms with van der Waals surface area (Å²) in [7, 11) is 0. The highest BCUT2D eigenvalue weighted by Gasteiger charge is 2.47. The van der Waals surface area contributed by atoms with Gasteiger partial charge in [0.1, 0.15) is 0 Å². The van der Waals surface area contributed by atoms with E-state index in [1.54, 1.807) is 52.0 Å². The molecule has 2 aliphatic carbocycles. The molecule has 0 radical (unpaired) electrons. The summed E-state index contributed by atoms with van der Waals surface area (Å²) in [5.41, 5.74) is 0. The van der Waals surface area contributed by atoms with E-state index in [2.05, 4.69) is 0 Å². The Morgan fingerprint density at radius 1 is 0.593 bits per heavy atom. The van der Waals surface area contributed by atoms with Crippen LogP contribution in [0.1, 0.15) is 27.7 Å². The van der Waals surface area contributed by atoms with Gasteiger partial charge in [-0.05, 0) is 23.7 Å². The van der Waals surface area contributed by atoms with Crippen LogP contribution in [0, 0.1) is 47.3 Å². The lowest BCUT2D eigenvalue weighted by Crippen LogP contribution is -2.44. The van der Waals surface area contributed by atoms with E-state index in [1.165, 1.54) is 0 Å². The Hall–Kier alpha value is -2.44. The second-order valence-electron chi connectivity index (χ2n) is 7.73. The fourth-order valence-electron chi connectivity index (χ4n) is 4.20. The van der Waals surface area contributed by atoms with Gasteiger partial charge in [0, 0.05) is 0 Å². The number of hydrogen-bond acceptors (Lipinski definition) is 5. The van der Waals surface area contributed by atoms with Gasteiger partial charge in [0.15, 0.2) is 0 Å². The minimum atomic E-state index is -1.13. The van der Waals surface area contributed by atoms with E-state index in [9.17, 15) is 29.4 Å². The number of carboxylic acid groups (broad SMARTS) is 2. The Morgan fingerprint density at radius 3 is 1.11 bits per heavy atom. The molecule has 27 heavy (non-hydrogen) atoms. The lowest BCUT2D eigenvalue weighted by molar-refractivity contribution is -0.176. The van der Waals surface area contributed by atoms with Gasteiger partial charge in [0.2, 0.25) is 0 Å². The average molecular weight is 378 g/mol. The molecule has 0 aromatic rings. The molecule has 7 heteroatoms. The van der Waals surface area contributed by atoms with E-state index in [1.807, 2.05) is 0 Å². The molecule has 2 aliphatic rings. The molecule has 0 fully saturated rings. The lowest BCUT2D eigenvalue weighted by atomic mass is 9.71. The number of carbonyl (C=O) groups excluding carboxylic acids is 2. The monoisotopic (exact) mass is 378 g/mol. The van der Waals surface area contributed by atoms with E-state index < -0.39 is 59.4 Å². The normalized spacial score (nSPS) is 38.2. The predicted octanol–water partition coefficient (Wildman–Crippen LogP) is 2.37. The molecule has 0 aromatic carbocycles. The molecule has 7 nitrogen and oxygen atoms in total. The van der Waals surface area contributed by atoms with Crippen LogP contribution in [0.2, 0.25) is 0 Å². The van der Waals surface area contributed by atoms with E-state index in [-0.39, 0.29) is 11.8 Å². The molecule has 148 valence electrons. The van der Waals surface area contributed by atoms with E-state index in [4.69, 9.17) is 4.74 Å². The minimum absolute atomic E-state index is 0.380. The number of aliphatic carboxylic acids is 2. The topological polar surface area (TPSA) is 118 Å². The maximum Gasteiger partial charge on any atom is 0.318 e. The standard InChI is InChI=1S/C20H26O7/c1-9-5-7-11(3)15(13(9)17(21)22)19(25)27-20(26)16-12(4)8-6-10(2)14(16)18(23)24/h5-16H,1-4H3,(H,21,22)(H,23,24). The number of rotatable bonds is 4. The van der Waals surface area contributed by atoms with E-state index >= 15 is 0 Å². The molecule has 0 amide bonds. The summed E-state index contributed by atoms with van der Waals surface area (Å²) in [6.45, 7) is 6.78. The summed E-state index contributed by atoms with van der Waals surface area (Å²) in [4.78, 5) is 48.6. The van der Waals surface area contributed by atoms with Crippen molar-refractivity contribution in [2.24, 2.45) is 47.3 Å². The highest BCUT2D eigenvalue weighted by Crippen LogP contribution is 2.38. The number of carboxylic acids is 2. The van der Waals surface area contributed by atoms with Crippen molar-refractivity contribution in [2.75, 3.05) is 0 Å². The van der Waals surface area contributed by atoms with Crippen molar-refractivity contribution in [3.63, 3.8) is 0 Å². The largest absolute Gasteiger partial charge is 0.481 e. The number of ether oxygens (including phenoxy) is 1. The van der Waals surface area contributed by atoms with E-state index in [0.29, 0.717) is 0 Å². The second-order valence-corrected chi connectivity index (χ2v) is 7.73. The molecule has 0 saturated carbocycles. The molecular formula is C20H26O7. The van der Waals surface area contributed by atoms with Crippen LogP contribution >= 0.6 is 0 Å². The Balaban J connectivity index is 2.24. The van der Waals surface area contributed by atoms with Crippen molar-refractivity contribution < 1.29 is 34.1 Å². The van der Waals surface area contributed by atoms with Gasteiger partial charge < -0.3 is 14.9 Å². The van der Waals surface area contributed by atoms with Crippen LogP contribution in [0.3, 0.4) is 0 Å². The van der Waals surface area contributed by atoms with Crippen molar-refractivity contribution in [1.82, 2.24) is 0 Å². The van der Waals surface area contributed by atoms with Gasteiger partial charge in [-0.1, -0.05) is 52.0 Å². The zero-order chi connectivity index (χ0) is 20.5.